The average Bonchev–Trinajstić information content (AvgIpc) is 4.20. The highest BCUT2D eigenvalue weighted by Crippen LogP contribution is 2.41. The maximum Gasteiger partial charge on any atom is 0.227 e. The minimum absolute atomic E-state index is 0.0234. The van der Waals surface area contributed by atoms with Crippen molar-refractivity contribution >= 4 is 45.0 Å². The Bertz CT molecular complexity index is 3200. The van der Waals surface area contributed by atoms with Crippen LogP contribution in [0.2, 0.25) is 0 Å². The van der Waals surface area contributed by atoms with Gasteiger partial charge in [-0.05, 0) is 131 Å². The second-order valence-electron chi connectivity index (χ2n) is 17.3. The first-order chi connectivity index (χ1) is 32.5. The predicted molar refractivity (Wildman–Crippen MR) is 266 cm³/mol. The highest BCUT2D eigenvalue weighted by Gasteiger charge is 2.32. The van der Waals surface area contributed by atoms with Gasteiger partial charge in [0.25, 0.3) is 0 Å². The second kappa shape index (κ2) is 16.3. The minimum atomic E-state index is 0.0234. The molecule has 2 unspecified atom stereocenters. The third kappa shape index (κ3) is 7.42. The zero-order valence-corrected chi connectivity index (χ0v) is 36.5. The topological polar surface area (TPSA) is 83.3 Å². The van der Waals surface area contributed by atoms with Crippen LogP contribution in [0.1, 0.15) is 58.3 Å². The third-order valence-corrected chi connectivity index (χ3v) is 12.8. The van der Waals surface area contributed by atoms with Gasteiger partial charge in [-0.25, -0.2) is 9.97 Å². The fraction of sp³-hybridized carbons (Fsp3) is 0.103. The third-order valence-electron chi connectivity index (χ3n) is 12.8. The molecule has 2 aliphatic heterocycles. The van der Waals surface area contributed by atoms with Crippen LogP contribution >= 0.6 is 0 Å². The van der Waals surface area contributed by atoms with E-state index in [2.05, 4.69) is 182 Å². The number of hydrogen-bond donors (Lipinski definition) is 0. The van der Waals surface area contributed by atoms with Crippen molar-refractivity contribution in [1.82, 2.24) is 9.97 Å². The van der Waals surface area contributed by atoms with Gasteiger partial charge in [0, 0.05) is 24.0 Å². The summed E-state index contributed by atoms with van der Waals surface area (Å²) in [5.41, 5.74) is 18.6. The summed E-state index contributed by atoms with van der Waals surface area (Å²) in [6.07, 6.45) is 1.57. The maximum atomic E-state index is 6.13. The largest absolute Gasteiger partial charge is 0.436 e. The van der Waals surface area contributed by atoms with Crippen LogP contribution in [-0.4, -0.2) is 21.4 Å². The lowest BCUT2D eigenvalue weighted by atomic mass is 9.94. The fourth-order valence-electron chi connectivity index (χ4n) is 9.26. The van der Waals surface area contributed by atoms with Crippen LogP contribution in [0.5, 0.6) is 0 Å². The molecule has 0 fully saturated rings. The number of anilines is 2. The Hall–Kier alpha value is -8.36. The Balaban J connectivity index is 0.800. The molecule has 8 aromatic carbocycles. The summed E-state index contributed by atoms with van der Waals surface area (Å²) in [5.74, 6) is 1.22. The van der Waals surface area contributed by atoms with Gasteiger partial charge < -0.3 is 8.83 Å². The molecule has 0 saturated carbocycles. The predicted octanol–water partition coefficient (Wildman–Crippen LogP) is 14.3. The zero-order chi connectivity index (χ0) is 44.1. The summed E-state index contributed by atoms with van der Waals surface area (Å²) < 4.78 is 12.3. The molecule has 0 aliphatic carbocycles. The lowest BCUT2D eigenvalue weighted by Crippen LogP contribution is -2.18. The van der Waals surface area contributed by atoms with Crippen LogP contribution in [0.25, 0.3) is 56.2 Å². The zero-order valence-electron chi connectivity index (χ0n) is 36.5. The molecule has 0 N–H and O–H groups in total. The summed E-state index contributed by atoms with van der Waals surface area (Å²) in [6, 6.07) is 67.9. The number of benzene rings is 8. The van der Waals surface area contributed by atoms with E-state index in [0.717, 1.165) is 102 Å². The highest BCUT2D eigenvalue weighted by atomic mass is 16.4. The van der Waals surface area contributed by atoms with E-state index >= 15 is 0 Å². The van der Waals surface area contributed by atoms with E-state index in [0.29, 0.717) is 11.8 Å². The van der Waals surface area contributed by atoms with Crippen molar-refractivity contribution in [3.05, 3.63) is 228 Å². The van der Waals surface area contributed by atoms with Crippen molar-refractivity contribution in [2.75, 3.05) is 10.0 Å². The van der Waals surface area contributed by atoms with E-state index < -0.39 is 0 Å². The molecule has 66 heavy (non-hydrogen) atoms. The van der Waals surface area contributed by atoms with Crippen molar-refractivity contribution in [3.8, 4) is 34.0 Å². The van der Waals surface area contributed by atoms with Gasteiger partial charge in [0.05, 0.1) is 34.9 Å². The molecule has 0 saturated heterocycles. The molecule has 0 spiro atoms. The Morgan fingerprint density at radius 1 is 0.394 bits per heavy atom. The number of hydrazone groups is 2. The van der Waals surface area contributed by atoms with Crippen LogP contribution in [0.15, 0.2) is 213 Å². The number of hydrogen-bond acceptors (Lipinski definition) is 8. The van der Waals surface area contributed by atoms with Gasteiger partial charge in [-0.2, -0.15) is 10.2 Å². The van der Waals surface area contributed by atoms with Gasteiger partial charge in [-0.3, -0.25) is 10.0 Å². The SMILES string of the molecule is Cc1ccc2oc(-c3ccc(N4N=C(c5ccccc5)CC4c4ccc(-c5ccc(C6CC(c7ccccc7)=NN6c6ccc(-c7nc8cc(C)ccc8o7)cc6)cc5)cc4)cc3)nc2c1. The van der Waals surface area contributed by atoms with E-state index in [1.807, 2.05) is 36.4 Å². The van der Waals surface area contributed by atoms with Crippen molar-refractivity contribution in [2.45, 2.75) is 38.8 Å². The summed E-state index contributed by atoms with van der Waals surface area (Å²) in [6.45, 7) is 4.13. The van der Waals surface area contributed by atoms with Crippen molar-refractivity contribution < 1.29 is 8.83 Å². The number of aromatic nitrogens is 2. The van der Waals surface area contributed by atoms with Gasteiger partial charge in [0.2, 0.25) is 11.8 Å². The Kier molecular flexibility index (Phi) is 9.71. The van der Waals surface area contributed by atoms with E-state index in [9.17, 15) is 0 Å². The number of fused-ring (bicyclic) bond motifs is 2. The first-order valence-electron chi connectivity index (χ1n) is 22.5. The van der Waals surface area contributed by atoms with Gasteiger partial charge in [-0.1, -0.05) is 121 Å². The summed E-state index contributed by atoms with van der Waals surface area (Å²) in [7, 11) is 0. The van der Waals surface area contributed by atoms with Gasteiger partial charge in [-0.15, -0.1) is 0 Å². The lowest BCUT2D eigenvalue weighted by molar-refractivity contribution is 0.619. The summed E-state index contributed by atoms with van der Waals surface area (Å²) in [5, 5.41) is 14.8. The maximum absolute atomic E-state index is 6.13. The molecule has 0 amide bonds. The van der Waals surface area contributed by atoms with Crippen LogP contribution in [0, 0.1) is 13.8 Å². The molecule has 0 bridgehead atoms. The van der Waals surface area contributed by atoms with Crippen molar-refractivity contribution in [2.24, 2.45) is 10.2 Å². The van der Waals surface area contributed by atoms with Crippen LogP contribution in [0.4, 0.5) is 11.4 Å². The molecule has 12 rings (SSSR count). The first-order valence-corrected chi connectivity index (χ1v) is 22.5. The molecule has 318 valence electrons. The Morgan fingerprint density at radius 3 is 1.17 bits per heavy atom. The number of nitrogens with zero attached hydrogens (tertiary/aromatic N) is 6. The fourth-order valence-corrected chi connectivity index (χ4v) is 9.26. The van der Waals surface area contributed by atoms with Gasteiger partial charge >= 0.3 is 0 Å². The monoisotopic (exact) mass is 856 g/mol. The molecule has 8 nitrogen and oxygen atoms in total. The standard InChI is InChI=1S/C58H44N6O2/c1-37-13-31-55-51(33-37)59-57(65-55)45-23-27-47(28-24-45)63-53(35-49(61-63)41-9-5-3-6-10-41)43-19-15-39(16-20-43)40-17-21-44(22-18-40)54-36-50(42-11-7-4-8-12-42)62-64(54)48-29-25-46(26-30-48)58-60-52-34-38(2)14-32-56(52)66-58/h3-34,53-54H,35-36H2,1-2H3. The Morgan fingerprint density at radius 2 is 0.773 bits per heavy atom. The number of rotatable bonds is 9. The molecular weight excluding hydrogens is 813 g/mol. The normalized spacial score (nSPS) is 16.0. The highest BCUT2D eigenvalue weighted by molar-refractivity contribution is 6.04. The van der Waals surface area contributed by atoms with Gasteiger partial charge in [0.15, 0.2) is 11.2 Å². The van der Waals surface area contributed by atoms with Crippen molar-refractivity contribution in [3.63, 3.8) is 0 Å². The van der Waals surface area contributed by atoms with E-state index in [1.54, 1.807) is 0 Å². The lowest BCUT2D eigenvalue weighted by Gasteiger charge is -2.25. The molecule has 2 aromatic heterocycles. The van der Waals surface area contributed by atoms with E-state index in [1.165, 1.54) is 11.1 Å². The quantitative estimate of drug-likeness (QED) is 0.144. The molecule has 4 heterocycles. The number of aryl methyl sites for hydroxylation is 2. The molecule has 0 radical (unpaired) electrons. The van der Waals surface area contributed by atoms with E-state index in [-0.39, 0.29) is 12.1 Å². The summed E-state index contributed by atoms with van der Waals surface area (Å²) >= 11 is 0. The van der Waals surface area contributed by atoms with Gasteiger partial charge in [0.1, 0.15) is 11.0 Å². The molecular formula is C58H44N6O2. The molecule has 2 aliphatic rings. The summed E-state index contributed by atoms with van der Waals surface area (Å²) in [4.78, 5) is 9.54. The Labute approximate surface area is 382 Å². The molecule has 10 aromatic rings. The number of oxazole rings is 2. The van der Waals surface area contributed by atoms with Crippen LogP contribution in [0.3, 0.4) is 0 Å². The first kappa shape index (κ1) is 39.2. The average molecular weight is 857 g/mol. The van der Waals surface area contributed by atoms with Crippen LogP contribution < -0.4 is 10.0 Å². The van der Waals surface area contributed by atoms with Crippen LogP contribution in [-0.2, 0) is 0 Å². The molecule has 8 heteroatoms. The molecule has 2 atom stereocenters. The second-order valence-corrected chi connectivity index (χ2v) is 17.3. The minimum Gasteiger partial charge on any atom is -0.436 e. The van der Waals surface area contributed by atoms with Crippen molar-refractivity contribution in [1.29, 1.82) is 0 Å². The smallest absolute Gasteiger partial charge is 0.227 e. The van der Waals surface area contributed by atoms with E-state index in [4.69, 9.17) is 29.0 Å².